The molecule has 84 valence electrons. The molecule has 3 rings (SSSR count). The van der Waals surface area contributed by atoms with Crippen LogP contribution in [0.3, 0.4) is 0 Å². The summed E-state index contributed by atoms with van der Waals surface area (Å²) in [4.78, 5) is 14.4. The van der Waals surface area contributed by atoms with Gasteiger partial charge in [0.05, 0.1) is 0 Å². The molecule has 0 bridgehead atoms. The maximum Gasteiger partial charge on any atom is 0.163 e. The fourth-order valence-electron chi connectivity index (χ4n) is 3.26. The van der Waals surface area contributed by atoms with Crippen LogP contribution in [0.1, 0.15) is 36.8 Å². The molecular weight excluding hydrogens is 198 g/mol. The Kier molecular flexibility index (Phi) is 1.91. The van der Waals surface area contributed by atoms with E-state index in [1.165, 1.54) is 23.2 Å². The second-order valence-corrected chi connectivity index (χ2v) is 5.07. The number of rotatable bonds is 0. The van der Waals surface area contributed by atoms with E-state index in [2.05, 4.69) is 37.1 Å². The van der Waals surface area contributed by atoms with Crippen LogP contribution in [0, 0.1) is 6.92 Å². The van der Waals surface area contributed by atoms with Crippen molar-refractivity contribution in [1.82, 2.24) is 0 Å². The molecular formula is C14H17NO. The average molecular weight is 215 g/mol. The van der Waals surface area contributed by atoms with E-state index in [1.807, 2.05) is 0 Å². The van der Waals surface area contributed by atoms with Gasteiger partial charge in [-0.15, -0.1) is 0 Å². The molecule has 1 aliphatic heterocycles. The van der Waals surface area contributed by atoms with Gasteiger partial charge in [0.15, 0.2) is 5.78 Å². The predicted molar refractivity (Wildman–Crippen MR) is 64.7 cm³/mol. The lowest BCUT2D eigenvalue weighted by atomic mass is 9.68. The standard InChI is InChI=1S/C14H17NO/c1-10-6-7-12-11(9-10)14(15(12)2)8-4-3-5-13(14)16/h6-7,9H,3-5,8H2,1-2H3/t14-/m0/s1. The van der Waals surface area contributed by atoms with Crippen LogP contribution in [0.25, 0.3) is 0 Å². The van der Waals surface area contributed by atoms with Gasteiger partial charge in [0, 0.05) is 24.7 Å². The molecule has 0 unspecified atom stereocenters. The number of likely N-dealkylation sites (N-methyl/N-ethyl adjacent to an activating group) is 1. The summed E-state index contributed by atoms with van der Waals surface area (Å²) in [6.45, 7) is 2.10. The highest BCUT2D eigenvalue weighted by Crippen LogP contribution is 2.52. The van der Waals surface area contributed by atoms with Crippen LogP contribution in [-0.4, -0.2) is 12.8 Å². The van der Waals surface area contributed by atoms with Crippen molar-refractivity contribution in [2.75, 3.05) is 11.9 Å². The normalized spacial score (nSPS) is 27.9. The minimum atomic E-state index is -0.264. The quantitative estimate of drug-likeness (QED) is 0.663. The van der Waals surface area contributed by atoms with E-state index in [9.17, 15) is 4.79 Å². The molecule has 1 saturated carbocycles. The zero-order chi connectivity index (χ0) is 11.3. The Hall–Kier alpha value is -1.31. The number of anilines is 1. The molecule has 0 N–H and O–H groups in total. The van der Waals surface area contributed by atoms with E-state index in [0.29, 0.717) is 5.78 Å². The first-order valence-corrected chi connectivity index (χ1v) is 6.04. The minimum absolute atomic E-state index is 0.264. The predicted octanol–water partition coefficient (Wildman–Crippen LogP) is 2.78. The zero-order valence-corrected chi connectivity index (χ0v) is 9.92. The van der Waals surface area contributed by atoms with Gasteiger partial charge < -0.3 is 4.90 Å². The van der Waals surface area contributed by atoms with Crippen molar-refractivity contribution in [3.8, 4) is 0 Å². The maximum atomic E-state index is 12.2. The van der Waals surface area contributed by atoms with E-state index >= 15 is 0 Å². The monoisotopic (exact) mass is 215 g/mol. The Morgan fingerprint density at radius 2 is 2.12 bits per heavy atom. The molecule has 0 aromatic heterocycles. The summed E-state index contributed by atoms with van der Waals surface area (Å²) in [6, 6.07) is 6.45. The van der Waals surface area contributed by atoms with E-state index in [1.54, 1.807) is 0 Å². The molecule has 1 aromatic carbocycles. The van der Waals surface area contributed by atoms with Crippen LogP contribution in [-0.2, 0) is 10.3 Å². The number of hydrogen-bond donors (Lipinski definition) is 0. The van der Waals surface area contributed by atoms with Crippen LogP contribution in [0.15, 0.2) is 18.2 Å². The van der Waals surface area contributed by atoms with Crippen molar-refractivity contribution in [2.45, 2.75) is 38.1 Å². The molecule has 0 radical (unpaired) electrons. The second kappa shape index (κ2) is 3.09. The number of aryl methyl sites for hydroxylation is 1. The average Bonchev–Trinajstić information content (AvgIpc) is 2.29. The topological polar surface area (TPSA) is 20.3 Å². The summed E-state index contributed by atoms with van der Waals surface area (Å²) in [7, 11) is 2.06. The Morgan fingerprint density at radius 1 is 1.31 bits per heavy atom. The number of carbonyl (C=O) groups is 1. The van der Waals surface area contributed by atoms with Gasteiger partial charge in [-0.25, -0.2) is 0 Å². The maximum absolute atomic E-state index is 12.2. The minimum Gasteiger partial charge on any atom is -0.358 e. The second-order valence-electron chi connectivity index (χ2n) is 5.07. The van der Waals surface area contributed by atoms with Crippen molar-refractivity contribution in [3.63, 3.8) is 0 Å². The Bertz CT molecular complexity index is 466. The van der Waals surface area contributed by atoms with Gasteiger partial charge in [-0.3, -0.25) is 4.79 Å². The van der Waals surface area contributed by atoms with Crippen LogP contribution in [0.2, 0.25) is 0 Å². The van der Waals surface area contributed by atoms with Gasteiger partial charge in [-0.05, 0) is 32.3 Å². The number of Topliss-reactive ketones (excluding diaryl/α,β-unsaturated/α-hetero) is 1. The first kappa shape index (κ1) is 9.88. The van der Waals surface area contributed by atoms with Crippen molar-refractivity contribution in [3.05, 3.63) is 29.3 Å². The Balaban J connectivity index is 2.13. The molecule has 2 nitrogen and oxygen atoms in total. The van der Waals surface area contributed by atoms with E-state index in [-0.39, 0.29) is 5.54 Å². The van der Waals surface area contributed by atoms with E-state index in [4.69, 9.17) is 0 Å². The number of carbonyl (C=O) groups excluding carboxylic acids is 1. The first-order valence-electron chi connectivity index (χ1n) is 6.04. The highest BCUT2D eigenvalue weighted by atomic mass is 16.1. The van der Waals surface area contributed by atoms with E-state index in [0.717, 1.165) is 19.3 Å². The highest BCUT2D eigenvalue weighted by molar-refractivity contribution is 5.99. The summed E-state index contributed by atoms with van der Waals surface area (Å²) >= 11 is 0. The molecule has 1 aliphatic carbocycles. The number of nitrogens with zero attached hydrogens (tertiary/aromatic N) is 1. The SMILES string of the molecule is Cc1ccc2c(c1)[C@]1(CCCCC1=O)N2C. The van der Waals surface area contributed by atoms with Crippen molar-refractivity contribution < 1.29 is 4.79 Å². The molecule has 2 aliphatic rings. The number of fused-ring (bicyclic) bond motifs is 2. The summed E-state index contributed by atoms with van der Waals surface area (Å²) in [5.74, 6) is 0.416. The molecule has 1 fully saturated rings. The fourth-order valence-corrected chi connectivity index (χ4v) is 3.26. The molecule has 1 heterocycles. The van der Waals surface area contributed by atoms with Crippen LogP contribution in [0.5, 0.6) is 0 Å². The summed E-state index contributed by atoms with van der Waals surface area (Å²) < 4.78 is 0. The fraction of sp³-hybridized carbons (Fsp3) is 0.500. The van der Waals surface area contributed by atoms with Crippen LogP contribution < -0.4 is 4.90 Å². The first-order chi connectivity index (χ1) is 7.66. The molecule has 1 atom stereocenters. The third-order valence-corrected chi connectivity index (χ3v) is 4.19. The van der Waals surface area contributed by atoms with Gasteiger partial charge in [-0.1, -0.05) is 17.7 Å². The summed E-state index contributed by atoms with van der Waals surface area (Å²) in [5, 5.41) is 0. The molecule has 0 amide bonds. The van der Waals surface area contributed by atoms with Crippen molar-refractivity contribution in [2.24, 2.45) is 0 Å². The molecule has 1 spiro atoms. The van der Waals surface area contributed by atoms with Gasteiger partial charge >= 0.3 is 0 Å². The molecule has 2 heteroatoms. The van der Waals surface area contributed by atoms with Gasteiger partial charge in [0.2, 0.25) is 0 Å². The lowest BCUT2D eigenvalue weighted by Crippen LogP contribution is -2.59. The Morgan fingerprint density at radius 3 is 2.88 bits per heavy atom. The van der Waals surface area contributed by atoms with Crippen LogP contribution in [0.4, 0.5) is 5.69 Å². The van der Waals surface area contributed by atoms with Crippen LogP contribution >= 0.6 is 0 Å². The molecule has 1 aromatic rings. The molecule has 16 heavy (non-hydrogen) atoms. The van der Waals surface area contributed by atoms with Gasteiger partial charge in [0.25, 0.3) is 0 Å². The largest absolute Gasteiger partial charge is 0.358 e. The lowest BCUT2D eigenvalue weighted by Gasteiger charge is -2.54. The van der Waals surface area contributed by atoms with Crippen molar-refractivity contribution in [1.29, 1.82) is 0 Å². The summed E-state index contributed by atoms with van der Waals surface area (Å²) in [6.07, 6.45) is 3.98. The van der Waals surface area contributed by atoms with E-state index < -0.39 is 0 Å². The number of hydrogen-bond acceptors (Lipinski definition) is 2. The van der Waals surface area contributed by atoms with Crippen molar-refractivity contribution >= 4 is 11.5 Å². The zero-order valence-electron chi connectivity index (χ0n) is 9.92. The lowest BCUT2D eigenvalue weighted by molar-refractivity contribution is -0.127. The number of benzene rings is 1. The Labute approximate surface area is 96.3 Å². The highest BCUT2D eigenvalue weighted by Gasteiger charge is 2.53. The van der Waals surface area contributed by atoms with Gasteiger partial charge in [-0.2, -0.15) is 0 Å². The summed E-state index contributed by atoms with van der Waals surface area (Å²) in [5.41, 5.74) is 3.49. The third-order valence-electron chi connectivity index (χ3n) is 4.19. The smallest absolute Gasteiger partial charge is 0.163 e. The number of ketones is 1. The van der Waals surface area contributed by atoms with Gasteiger partial charge in [0.1, 0.15) is 5.54 Å². The third kappa shape index (κ3) is 0.998. The molecule has 0 saturated heterocycles.